The van der Waals surface area contributed by atoms with Crippen molar-refractivity contribution < 1.29 is 17.9 Å². The van der Waals surface area contributed by atoms with Gasteiger partial charge < -0.3 is 9.47 Å². The second kappa shape index (κ2) is 5.74. The fourth-order valence-corrected chi connectivity index (χ4v) is 2.74. The van der Waals surface area contributed by atoms with Crippen LogP contribution in [0.3, 0.4) is 0 Å². The van der Waals surface area contributed by atoms with Crippen LogP contribution in [0.4, 0.5) is 0 Å². The van der Waals surface area contributed by atoms with Crippen molar-refractivity contribution in [1.29, 1.82) is 0 Å². The molecule has 4 nitrogen and oxygen atoms in total. The third kappa shape index (κ3) is 4.75. The summed E-state index contributed by atoms with van der Waals surface area (Å²) in [6.07, 6.45) is 1.14. The molecule has 0 spiro atoms. The van der Waals surface area contributed by atoms with Gasteiger partial charge in [-0.05, 0) is 0 Å². The predicted octanol–water partition coefficient (Wildman–Crippen LogP) is 0.930. The molecule has 6 heteroatoms. The molecule has 0 bridgehead atoms. The summed E-state index contributed by atoms with van der Waals surface area (Å²) in [5.74, 6) is 0. The highest BCUT2D eigenvalue weighted by molar-refractivity contribution is 9.11. The van der Waals surface area contributed by atoms with Gasteiger partial charge in [0.25, 0.3) is 0 Å². The molecule has 0 rings (SSSR count). The third-order valence-electron chi connectivity index (χ3n) is 1.30. The third-order valence-corrected chi connectivity index (χ3v) is 3.53. The Morgan fingerprint density at radius 2 is 1.69 bits per heavy atom. The number of ether oxygens (including phenoxy) is 2. The van der Waals surface area contributed by atoms with Gasteiger partial charge in [-0.3, -0.25) is 0 Å². The van der Waals surface area contributed by atoms with Gasteiger partial charge in [-0.25, -0.2) is 8.42 Å². The average Bonchev–Trinajstić information content (AvgIpc) is 1.98. The van der Waals surface area contributed by atoms with Crippen LogP contribution >= 0.6 is 15.9 Å². The molecular weight excluding hydrogens is 260 g/mol. The van der Waals surface area contributed by atoms with E-state index >= 15 is 0 Å². The largest absolute Gasteiger partial charge is 0.379 e. The standard InChI is InChI=1S/C7H13BrO4S/c1-11-4-6(8)7(5-12-2)13(3,9)10/h4-5H2,1-3H3/b7-6+. The van der Waals surface area contributed by atoms with Crippen LogP contribution < -0.4 is 0 Å². The quantitative estimate of drug-likeness (QED) is 0.747. The number of hydrogen-bond donors (Lipinski definition) is 0. The Morgan fingerprint density at radius 1 is 1.23 bits per heavy atom. The normalized spacial score (nSPS) is 14.2. The number of halogens is 1. The van der Waals surface area contributed by atoms with E-state index in [0.29, 0.717) is 4.48 Å². The molecular formula is C7H13BrO4S. The Balaban J connectivity index is 4.89. The second-order valence-electron chi connectivity index (χ2n) is 2.47. The Morgan fingerprint density at radius 3 is 2.00 bits per heavy atom. The maximum absolute atomic E-state index is 11.2. The lowest BCUT2D eigenvalue weighted by atomic mass is 10.5. The summed E-state index contributed by atoms with van der Waals surface area (Å²) in [6.45, 7) is 0.286. The molecule has 0 fully saturated rings. The maximum Gasteiger partial charge on any atom is 0.174 e. The molecule has 0 aromatic carbocycles. The SMILES string of the molecule is COC/C(Br)=C(/COC)S(C)(=O)=O. The van der Waals surface area contributed by atoms with Crippen LogP contribution in [0.25, 0.3) is 0 Å². The van der Waals surface area contributed by atoms with Gasteiger partial charge in [0.2, 0.25) is 0 Å². The van der Waals surface area contributed by atoms with E-state index in [4.69, 9.17) is 9.47 Å². The smallest absolute Gasteiger partial charge is 0.174 e. The molecule has 0 heterocycles. The predicted molar refractivity (Wildman–Crippen MR) is 54.5 cm³/mol. The summed E-state index contributed by atoms with van der Waals surface area (Å²) in [5.41, 5.74) is 0. The minimum absolute atomic E-state index is 0.0583. The zero-order valence-electron chi connectivity index (χ0n) is 7.83. The molecule has 0 N–H and O–H groups in total. The van der Waals surface area contributed by atoms with Crippen LogP contribution in [0, 0.1) is 0 Å². The fourth-order valence-electron chi connectivity index (χ4n) is 0.725. The number of hydrogen-bond acceptors (Lipinski definition) is 4. The summed E-state index contributed by atoms with van der Waals surface area (Å²) < 4.78 is 32.5. The number of rotatable bonds is 5. The lowest BCUT2D eigenvalue weighted by Crippen LogP contribution is -2.10. The van der Waals surface area contributed by atoms with Gasteiger partial charge in [-0.15, -0.1) is 0 Å². The van der Waals surface area contributed by atoms with Crippen molar-refractivity contribution in [2.75, 3.05) is 33.7 Å². The van der Waals surface area contributed by atoms with E-state index in [1.165, 1.54) is 14.2 Å². The lowest BCUT2D eigenvalue weighted by molar-refractivity contribution is 0.219. The minimum Gasteiger partial charge on any atom is -0.379 e. The average molecular weight is 273 g/mol. The van der Waals surface area contributed by atoms with E-state index in [0.717, 1.165) is 6.26 Å². The Kier molecular flexibility index (Phi) is 5.78. The highest BCUT2D eigenvalue weighted by Crippen LogP contribution is 2.17. The van der Waals surface area contributed by atoms with Gasteiger partial charge in [0.05, 0.1) is 18.1 Å². The van der Waals surface area contributed by atoms with E-state index < -0.39 is 9.84 Å². The Labute approximate surface area is 87.0 Å². The molecule has 0 saturated heterocycles. The molecule has 0 amide bonds. The van der Waals surface area contributed by atoms with Crippen LogP contribution in [0.5, 0.6) is 0 Å². The molecule has 0 unspecified atom stereocenters. The van der Waals surface area contributed by atoms with E-state index in [-0.39, 0.29) is 18.1 Å². The van der Waals surface area contributed by atoms with Crippen molar-refractivity contribution in [3.05, 3.63) is 9.39 Å². The minimum atomic E-state index is -3.22. The van der Waals surface area contributed by atoms with Gasteiger partial charge in [0, 0.05) is 25.0 Å². The van der Waals surface area contributed by atoms with Crippen molar-refractivity contribution in [3.63, 3.8) is 0 Å². The molecule has 0 aliphatic heterocycles. The monoisotopic (exact) mass is 272 g/mol. The van der Waals surface area contributed by atoms with Crippen LogP contribution in [0.15, 0.2) is 9.39 Å². The Hall–Kier alpha value is 0.0900. The maximum atomic E-state index is 11.2. The molecule has 0 aliphatic rings. The summed E-state index contributed by atoms with van der Waals surface area (Å²) >= 11 is 3.14. The summed E-state index contributed by atoms with van der Waals surface area (Å²) in [5, 5.41) is 0. The molecule has 0 aromatic rings. The van der Waals surface area contributed by atoms with Gasteiger partial charge in [-0.2, -0.15) is 0 Å². The van der Waals surface area contributed by atoms with Gasteiger partial charge >= 0.3 is 0 Å². The zero-order valence-corrected chi connectivity index (χ0v) is 10.2. The first-order valence-corrected chi connectivity index (χ1v) is 6.17. The highest BCUT2D eigenvalue weighted by Gasteiger charge is 2.15. The van der Waals surface area contributed by atoms with Gasteiger partial charge in [0.1, 0.15) is 0 Å². The number of methoxy groups -OCH3 is 2. The first kappa shape index (κ1) is 13.1. The first-order valence-electron chi connectivity index (χ1n) is 3.49. The van der Waals surface area contributed by atoms with Crippen LogP contribution in [0.2, 0.25) is 0 Å². The molecule has 0 aromatic heterocycles. The molecule has 78 valence electrons. The van der Waals surface area contributed by atoms with Gasteiger partial charge in [-0.1, -0.05) is 15.9 Å². The molecule has 13 heavy (non-hydrogen) atoms. The van der Waals surface area contributed by atoms with Crippen molar-refractivity contribution in [2.24, 2.45) is 0 Å². The van der Waals surface area contributed by atoms with Gasteiger partial charge in [0.15, 0.2) is 9.84 Å². The van der Waals surface area contributed by atoms with E-state index in [2.05, 4.69) is 15.9 Å². The van der Waals surface area contributed by atoms with Crippen LogP contribution in [-0.4, -0.2) is 42.1 Å². The van der Waals surface area contributed by atoms with E-state index in [1.807, 2.05) is 0 Å². The fraction of sp³-hybridized carbons (Fsp3) is 0.714. The van der Waals surface area contributed by atoms with Crippen molar-refractivity contribution in [2.45, 2.75) is 0 Å². The number of sulfone groups is 1. The van der Waals surface area contributed by atoms with Crippen LogP contribution in [0.1, 0.15) is 0 Å². The molecule has 0 atom stereocenters. The lowest BCUT2D eigenvalue weighted by Gasteiger charge is -2.07. The topological polar surface area (TPSA) is 52.6 Å². The second-order valence-corrected chi connectivity index (χ2v) is 5.46. The molecule has 0 aliphatic carbocycles. The van der Waals surface area contributed by atoms with E-state index in [9.17, 15) is 8.42 Å². The first-order chi connectivity index (χ1) is 5.93. The highest BCUT2D eigenvalue weighted by atomic mass is 79.9. The zero-order chi connectivity index (χ0) is 10.5. The molecule has 0 radical (unpaired) electrons. The van der Waals surface area contributed by atoms with E-state index in [1.54, 1.807) is 0 Å². The van der Waals surface area contributed by atoms with Crippen molar-refractivity contribution >= 4 is 25.8 Å². The van der Waals surface area contributed by atoms with Crippen LogP contribution in [-0.2, 0) is 19.3 Å². The Bertz CT molecular complexity index is 281. The molecule has 0 saturated carbocycles. The van der Waals surface area contributed by atoms with Crippen molar-refractivity contribution in [1.82, 2.24) is 0 Å². The summed E-state index contributed by atoms with van der Waals surface area (Å²) in [6, 6.07) is 0. The summed E-state index contributed by atoms with van der Waals surface area (Å²) in [7, 11) is -0.284. The van der Waals surface area contributed by atoms with Crippen molar-refractivity contribution in [3.8, 4) is 0 Å². The summed E-state index contributed by atoms with van der Waals surface area (Å²) in [4.78, 5) is 0.219.